The highest BCUT2D eigenvalue weighted by molar-refractivity contribution is 6.30. The van der Waals surface area contributed by atoms with Gasteiger partial charge < -0.3 is 9.72 Å². The van der Waals surface area contributed by atoms with Crippen LogP contribution < -0.4 is 11.1 Å². The van der Waals surface area contributed by atoms with Gasteiger partial charge >= 0.3 is 0 Å². The molecule has 1 aliphatic heterocycles. The molecule has 9 heteroatoms. The van der Waals surface area contributed by atoms with Crippen molar-refractivity contribution in [3.05, 3.63) is 96.8 Å². The molecule has 0 amide bonds. The number of aromatic nitrogens is 4. The molecule has 1 N–H and O–H groups in total. The summed E-state index contributed by atoms with van der Waals surface area (Å²) in [7, 11) is 0. The molecule has 4 aromatic rings. The van der Waals surface area contributed by atoms with E-state index < -0.39 is 5.82 Å². The molecule has 4 heterocycles. The molecule has 174 valence electrons. The van der Waals surface area contributed by atoms with Crippen molar-refractivity contribution in [1.29, 1.82) is 0 Å². The molecule has 1 aliphatic rings. The van der Waals surface area contributed by atoms with Gasteiger partial charge in [0.2, 0.25) is 5.56 Å². The Labute approximate surface area is 199 Å². The van der Waals surface area contributed by atoms with Gasteiger partial charge in [0.05, 0.1) is 11.8 Å². The number of pyridine rings is 1. The standard InChI is InChI=1S/C25H22ClFN4O3/c1-13-14(2)29-24-23(18-5-4-17(26)10-19(18)27)30-20(12-31(24)25(13)33)15-7-8-34-21(9-15)16-3-6-22(32)28-11-16/h3-6,10-12,15,21H,7-9H2,1-2H3,(H,28,32)/t15-,21+/m1/s1. The number of fused-ring (bicyclic) bond motifs is 1. The van der Waals surface area contributed by atoms with Gasteiger partial charge in [-0.25, -0.2) is 14.4 Å². The summed E-state index contributed by atoms with van der Waals surface area (Å²) in [5.74, 6) is -0.581. The first kappa shape index (κ1) is 22.4. The van der Waals surface area contributed by atoms with E-state index in [9.17, 15) is 14.0 Å². The van der Waals surface area contributed by atoms with Crippen LogP contribution in [0.3, 0.4) is 0 Å². The van der Waals surface area contributed by atoms with Crippen molar-refractivity contribution in [2.75, 3.05) is 6.61 Å². The number of ether oxygens (including phenoxy) is 1. The number of hydrogen-bond acceptors (Lipinski definition) is 5. The van der Waals surface area contributed by atoms with Crippen molar-refractivity contribution in [1.82, 2.24) is 19.4 Å². The maximum absolute atomic E-state index is 14.9. The van der Waals surface area contributed by atoms with Crippen LogP contribution in [0.4, 0.5) is 4.39 Å². The van der Waals surface area contributed by atoms with Gasteiger partial charge in [-0.1, -0.05) is 11.6 Å². The van der Waals surface area contributed by atoms with E-state index in [4.69, 9.17) is 21.3 Å². The van der Waals surface area contributed by atoms with Crippen molar-refractivity contribution in [3.8, 4) is 11.3 Å². The number of H-pyrrole nitrogens is 1. The van der Waals surface area contributed by atoms with E-state index in [1.165, 1.54) is 16.5 Å². The van der Waals surface area contributed by atoms with Gasteiger partial charge in [-0.3, -0.25) is 14.0 Å². The molecule has 2 atom stereocenters. The van der Waals surface area contributed by atoms with Gasteiger partial charge in [-0.15, -0.1) is 0 Å². The molecule has 1 fully saturated rings. The zero-order valence-corrected chi connectivity index (χ0v) is 19.4. The molecule has 7 nitrogen and oxygen atoms in total. The van der Waals surface area contributed by atoms with E-state index in [1.54, 1.807) is 44.4 Å². The first-order valence-electron chi connectivity index (χ1n) is 11.0. The molecule has 0 radical (unpaired) electrons. The average molecular weight is 481 g/mol. The first-order chi connectivity index (χ1) is 16.3. The second-order valence-corrected chi connectivity index (χ2v) is 8.96. The smallest absolute Gasteiger partial charge is 0.261 e. The van der Waals surface area contributed by atoms with E-state index in [2.05, 4.69) is 9.97 Å². The summed E-state index contributed by atoms with van der Waals surface area (Å²) in [4.78, 5) is 36.7. The largest absolute Gasteiger partial charge is 0.373 e. The number of aromatic amines is 1. The van der Waals surface area contributed by atoms with Gasteiger partial charge in [-0.2, -0.15) is 0 Å². The number of nitrogens with zero attached hydrogens (tertiary/aromatic N) is 3. The molecule has 3 aromatic heterocycles. The highest BCUT2D eigenvalue weighted by Gasteiger charge is 2.28. The quantitative estimate of drug-likeness (QED) is 0.466. The van der Waals surface area contributed by atoms with Crippen LogP contribution in [-0.2, 0) is 4.74 Å². The van der Waals surface area contributed by atoms with Gasteiger partial charge in [0.25, 0.3) is 5.56 Å². The highest BCUT2D eigenvalue weighted by atomic mass is 35.5. The predicted molar refractivity (Wildman–Crippen MR) is 127 cm³/mol. The number of aryl methyl sites for hydroxylation is 1. The topological polar surface area (TPSA) is 89.3 Å². The Bertz CT molecular complexity index is 1510. The molecule has 1 aromatic carbocycles. The highest BCUT2D eigenvalue weighted by Crippen LogP contribution is 2.37. The van der Waals surface area contributed by atoms with E-state index in [0.29, 0.717) is 47.7 Å². The Morgan fingerprint density at radius 1 is 1.18 bits per heavy atom. The van der Waals surface area contributed by atoms with Gasteiger partial charge in [-0.05, 0) is 56.5 Å². The lowest BCUT2D eigenvalue weighted by Gasteiger charge is -2.30. The third kappa shape index (κ3) is 4.03. The van der Waals surface area contributed by atoms with Crippen LogP contribution in [0, 0.1) is 19.7 Å². The Hall–Kier alpha value is -3.36. The molecular weight excluding hydrogens is 459 g/mol. The minimum absolute atomic E-state index is 0.0438. The van der Waals surface area contributed by atoms with Crippen molar-refractivity contribution in [2.24, 2.45) is 0 Å². The lowest BCUT2D eigenvalue weighted by Crippen LogP contribution is -2.24. The zero-order chi connectivity index (χ0) is 24.0. The fraction of sp³-hybridized carbons (Fsp3) is 0.280. The zero-order valence-electron chi connectivity index (χ0n) is 18.6. The van der Waals surface area contributed by atoms with E-state index in [-0.39, 0.29) is 33.7 Å². The number of nitrogens with one attached hydrogen (secondary N) is 1. The Morgan fingerprint density at radius 2 is 2.00 bits per heavy atom. The third-order valence-corrected chi connectivity index (χ3v) is 6.60. The van der Waals surface area contributed by atoms with E-state index in [0.717, 1.165) is 5.56 Å². The summed E-state index contributed by atoms with van der Waals surface area (Å²) in [6.07, 6.45) is 4.40. The number of rotatable bonds is 3. The average Bonchev–Trinajstić information content (AvgIpc) is 2.83. The monoisotopic (exact) mass is 480 g/mol. The third-order valence-electron chi connectivity index (χ3n) is 6.37. The van der Waals surface area contributed by atoms with Crippen LogP contribution in [0.15, 0.2) is 52.3 Å². The fourth-order valence-electron chi connectivity index (χ4n) is 4.33. The number of hydrogen-bond donors (Lipinski definition) is 1. The number of benzene rings is 1. The van der Waals surface area contributed by atoms with E-state index in [1.807, 2.05) is 0 Å². The maximum atomic E-state index is 14.9. The molecular formula is C25H22ClFN4O3. The molecule has 0 spiro atoms. The summed E-state index contributed by atoms with van der Waals surface area (Å²) in [6, 6.07) is 7.58. The van der Waals surface area contributed by atoms with Crippen molar-refractivity contribution in [2.45, 2.75) is 38.7 Å². The Balaban J connectivity index is 1.66. The second-order valence-electron chi connectivity index (χ2n) is 8.53. The Morgan fingerprint density at radius 3 is 2.74 bits per heavy atom. The van der Waals surface area contributed by atoms with Crippen LogP contribution in [-0.4, -0.2) is 26.0 Å². The molecule has 34 heavy (non-hydrogen) atoms. The summed E-state index contributed by atoms with van der Waals surface area (Å²) < 4.78 is 22.3. The molecule has 0 bridgehead atoms. The van der Waals surface area contributed by atoms with Crippen LogP contribution >= 0.6 is 11.6 Å². The summed E-state index contributed by atoms with van der Waals surface area (Å²) in [5.41, 5.74) is 3.02. The number of halogens is 2. The summed E-state index contributed by atoms with van der Waals surface area (Å²) in [5, 5.41) is 0.270. The molecule has 0 aliphatic carbocycles. The molecule has 5 rings (SSSR count). The van der Waals surface area contributed by atoms with E-state index >= 15 is 0 Å². The molecule has 1 saturated heterocycles. The van der Waals surface area contributed by atoms with Crippen LogP contribution in [0.2, 0.25) is 5.02 Å². The van der Waals surface area contributed by atoms with Crippen molar-refractivity contribution in [3.63, 3.8) is 0 Å². The minimum atomic E-state index is -0.537. The predicted octanol–water partition coefficient (Wildman–Crippen LogP) is 4.49. The normalized spacial score (nSPS) is 18.4. The van der Waals surface area contributed by atoms with Crippen molar-refractivity contribution >= 4 is 17.2 Å². The lowest BCUT2D eigenvalue weighted by molar-refractivity contribution is 0.00438. The maximum Gasteiger partial charge on any atom is 0.261 e. The minimum Gasteiger partial charge on any atom is -0.373 e. The van der Waals surface area contributed by atoms with Crippen molar-refractivity contribution < 1.29 is 9.13 Å². The Kier molecular flexibility index (Phi) is 5.79. The van der Waals surface area contributed by atoms with Gasteiger partial charge in [0.1, 0.15) is 11.5 Å². The summed E-state index contributed by atoms with van der Waals surface area (Å²) >= 11 is 5.96. The van der Waals surface area contributed by atoms with Crippen LogP contribution in [0.5, 0.6) is 0 Å². The van der Waals surface area contributed by atoms with Crippen LogP contribution in [0.1, 0.15) is 47.4 Å². The lowest BCUT2D eigenvalue weighted by atomic mass is 9.90. The first-order valence-corrected chi connectivity index (χ1v) is 11.4. The van der Waals surface area contributed by atoms with Gasteiger partial charge in [0.15, 0.2) is 5.65 Å². The molecule has 0 saturated carbocycles. The fourth-order valence-corrected chi connectivity index (χ4v) is 4.49. The van der Waals surface area contributed by atoms with Crippen LogP contribution in [0.25, 0.3) is 16.9 Å². The second kappa shape index (κ2) is 8.77. The van der Waals surface area contributed by atoms with Gasteiger partial charge in [0, 0.05) is 52.8 Å². The molecule has 0 unspecified atom stereocenters. The summed E-state index contributed by atoms with van der Waals surface area (Å²) in [6.45, 7) is 3.96. The SMILES string of the molecule is Cc1nc2c(-c3ccc(Cl)cc3F)nc([C@@H]3CCO[C@H](c4ccc(=O)[nH]c4)C3)cn2c(=O)c1C.